The molecular formula is C64H124N6O11. The lowest BCUT2D eigenvalue weighted by molar-refractivity contribution is -0.125. The van der Waals surface area contributed by atoms with Crippen molar-refractivity contribution in [3.05, 3.63) is 0 Å². The number of ether oxygens (including phenoxy) is 5. The fourth-order valence-electron chi connectivity index (χ4n) is 9.45. The second-order valence-electron chi connectivity index (χ2n) is 22.2. The molecule has 6 N–H and O–H groups in total. The van der Waals surface area contributed by atoms with Crippen LogP contribution in [-0.4, -0.2) is 141 Å². The molecule has 6 amide bonds. The van der Waals surface area contributed by atoms with Gasteiger partial charge >= 0.3 is 0 Å². The lowest BCUT2D eigenvalue weighted by atomic mass is 10.0. The van der Waals surface area contributed by atoms with Gasteiger partial charge in [-0.2, -0.15) is 0 Å². The molecule has 476 valence electrons. The molecule has 1 atom stereocenters. The summed E-state index contributed by atoms with van der Waals surface area (Å²) in [4.78, 5) is 74.9. The van der Waals surface area contributed by atoms with E-state index in [0.717, 1.165) is 58.0 Å². The van der Waals surface area contributed by atoms with Gasteiger partial charge in [-0.05, 0) is 51.4 Å². The minimum Gasteiger partial charge on any atom is -0.385 e. The van der Waals surface area contributed by atoms with Gasteiger partial charge < -0.3 is 55.6 Å². The summed E-state index contributed by atoms with van der Waals surface area (Å²) >= 11 is 0. The second-order valence-corrected chi connectivity index (χ2v) is 22.2. The van der Waals surface area contributed by atoms with Gasteiger partial charge in [-0.1, -0.05) is 181 Å². The number of carbonyl (C=O) groups excluding carboxylic acids is 6. The van der Waals surface area contributed by atoms with E-state index in [9.17, 15) is 28.8 Å². The molecule has 0 unspecified atom stereocenters. The first kappa shape index (κ1) is 77.6. The first-order chi connectivity index (χ1) is 39.7. The Morgan fingerprint density at radius 3 is 1.04 bits per heavy atom. The van der Waals surface area contributed by atoms with Crippen molar-refractivity contribution >= 4 is 35.4 Å². The summed E-state index contributed by atoms with van der Waals surface area (Å²) in [5, 5.41) is 17.6. The highest BCUT2D eigenvalue weighted by Gasteiger charge is 2.17. The number of nitrogens with one attached hydrogen (secondary N) is 6. The van der Waals surface area contributed by atoms with Gasteiger partial charge in [0.25, 0.3) is 0 Å². The van der Waals surface area contributed by atoms with E-state index in [1.54, 1.807) is 7.11 Å². The predicted octanol–water partition coefficient (Wildman–Crippen LogP) is 11.4. The quantitative estimate of drug-likeness (QED) is 0.0315. The van der Waals surface area contributed by atoms with E-state index in [0.29, 0.717) is 111 Å². The van der Waals surface area contributed by atoms with Crippen molar-refractivity contribution in [2.45, 2.75) is 277 Å². The van der Waals surface area contributed by atoms with Crippen LogP contribution in [0.25, 0.3) is 0 Å². The van der Waals surface area contributed by atoms with Gasteiger partial charge in [0, 0.05) is 91.0 Å². The Kier molecular flexibility index (Phi) is 61.5. The molecule has 0 aromatic heterocycles. The van der Waals surface area contributed by atoms with Crippen LogP contribution in [0.2, 0.25) is 0 Å². The molecule has 17 heteroatoms. The number of unbranched alkanes of at least 4 members (excludes halogenated alkanes) is 28. The maximum atomic E-state index is 13.0. The fraction of sp³-hybridized carbons (Fsp3) is 0.906. The largest absolute Gasteiger partial charge is 0.385 e. The second kappa shape index (κ2) is 64.2. The van der Waals surface area contributed by atoms with Crippen molar-refractivity contribution < 1.29 is 52.5 Å². The third-order valence-electron chi connectivity index (χ3n) is 14.4. The molecule has 0 aliphatic heterocycles. The van der Waals surface area contributed by atoms with E-state index in [-0.39, 0.29) is 80.4 Å². The van der Waals surface area contributed by atoms with Gasteiger partial charge in [0.1, 0.15) is 0 Å². The molecule has 0 aromatic rings. The Morgan fingerprint density at radius 2 is 0.605 bits per heavy atom. The van der Waals surface area contributed by atoms with Gasteiger partial charge in [-0.3, -0.25) is 28.8 Å². The number of amides is 6. The molecule has 0 aliphatic carbocycles. The van der Waals surface area contributed by atoms with Gasteiger partial charge in [0.2, 0.25) is 35.4 Å². The smallest absolute Gasteiger partial charge is 0.222 e. The van der Waals surface area contributed by atoms with Crippen LogP contribution in [0.15, 0.2) is 0 Å². The molecule has 0 aliphatic rings. The van der Waals surface area contributed by atoms with Crippen LogP contribution in [0.1, 0.15) is 271 Å². The van der Waals surface area contributed by atoms with Crippen molar-refractivity contribution in [1.29, 1.82) is 0 Å². The van der Waals surface area contributed by atoms with Crippen LogP contribution in [0.3, 0.4) is 0 Å². The lowest BCUT2D eigenvalue weighted by Crippen LogP contribution is -2.39. The average molecular weight is 1150 g/mol. The summed E-state index contributed by atoms with van der Waals surface area (Å²) in [7, 11) is 1.69. The summed E-state index contributed by atoms with van der Waals surface area (Å²) in [6.45, 7) is 10.4. The zero-order valence-corrected chi connectivity index (χ0v) is 52.3. The summed E-state index contributed by atoms with van der Waals surface area (Å²) < 4.78 is 27.4. The minimum atomic E-state index is -0.357. The Hall–Kier alpha value is -3.38. The van der Waals surface area contributed by atoms with Crippen LogP contribution < -0.4 is 31.9 Å². The number of hydrogen-bond acceptors (Lipinski definition) is 11. The number of hydrogen-bond donors (Lipinski definition) is 6. The summed E-state index contributed by atoms with van der Waals surface area (Å²) in [5.74, 6) is -0.425. The topological polar surface area (TPSA) is 221 Å². The molecule has 81 heavy (non-hydrogen) atoms. The number of rotatable bonds is 65. The summed E-state index contributed by atoms with van der Waals surface area (Å²) in [6.07, 6.45) is 41.6. The highest BCUT2D eigenvalue weighted by molar-refractivity contribution is 5.80. The van der Waals surface area contributed by atoms with Gasteiger partial charge in [0.15, 0.2) is 0 Å². The molecular weight excluding hydrogens is 1030 g/mol. The van der Waals surface area contributed by atoms with Crippen molar-refractivity contribution in [2.24, 2.45) is 0 Å². The molecule has 0 saturated carbocycles. The first-order valence-corrected chi connectivity index (χ1v) is 33.1. The van der Waals surface area contributed by atoms with E-state index in [1.165, 1.54) is 141 Å². The molecule has 0 saturated heterocycles. The van der Waals surface area contributed by atoms with Crippen molar-refractivity contribution in [1.82, 2.24) is 31.9 Å². The Bertz CT molecular complexity index is 1450. The highest BCUT2D eigenvalue weighted by atomic mass is 16.5. The van der Waals surface area contributed by atoms with Crippen LogP contribution in [-0.2, 0) is 52.5 Å². The van der Waals surface area contributed by atoms with Crippen LogP contribution in [0, 0.1) is 0 Å². The average Bonchev–Trinajstić information content (AvgIpc) is 3.45. The third kappa shape index (κ3) is 62.5. The van der Waals surface area contributed by atoms with E-state index < -0.39 is 0 Å². The van der Waals surface area contributed by atoms with Crippen LogP contribution in [0.5, 0.6) is 0 Å². The van der Waals surface area contributed by atoms with E-state index in [4.69, 9.17) is 23.7 Å². The van der Waals surface area contributed by atoms with Gasteiger partial charge in [0.05, 0.1) is 52.9 Å². The summed E-state index contributed by atoms with van der Waals surface area (Å²) in [5.41, 5.74) is 0. The number of methoxy groups -OCH3 is 1. The Morgan fingerprint density at radius 1 is 0.284 bits per heavy atom. The third-order valence-corrected chi connectivity index (χ3v) is 14.4. The fourth-order valence-corrected chi connectivity index (χ4v) is 9.45. The molecule has 17 nitrogen and oxygen atoms in total. The maximum absolute atomic E-state index is 13.0. The lowest BCUT2D eigenvalue weighted by Gasteiger charge is -2.19. The van der Waals surface area contributed by atoms with Crippen LogP contribution in [0.4, 0.5) is 0 Å². The van der Waals surface area contributed by atoms with Crippen molar-refractivity contribution in [3.8, 4) is 0 Å². The monoisotopic (exact) mass is 1150 g/mol. The molecule has 0 bridgehead atoms. The van der Waals surface area contributed by atoms with Crippen molar-refractivity contribution in [3.63, 3.8) is 0 Å². The highest BCUT2D eigenvalue weighted by Crippen LogP contribution is 2.15. The molecule has 0 aromatic carbocycles. The standard InChI is InChI=1S/C64H124N6O11/c1-4-6-8-10-12-14-16-18-20-22-24-26-30-38-59(71)68-46-51-80-55-53-78-49-41-61(73)65-44-34-32-37-58(57-64(76)67-43-33-28-29-35-48-77-3)70-63(75)40-36-45-66-62(74)42-50-79-54-56-81-52-47-69-60(72)39-31-27-25-23-21-19-17-15-13-11-9-7-5-2/h58H,4-57H2,1-3H3,(H,65,73)(H,66,74)(H,67,76)(H,68,71)(H,69,72)(H,70,75)/t58-/m0/s1. The van der Waals surface area contributed by atoms with E-state index >= 15 is 0 Å². The zero-order chi connectivity index (χ0) is 59.0. The van der Waals surface area contributed by atoms with E-state index in [2.05, 4.69) is 45.7 Å². The maximum Gasteiger partial charge on any atom is 0.222 e. The Labute approximate surface area is 494 Å². The van der Waals surface area contributed by atoms with Crippen molar-refractivity contribution in [2.75, 3.05) is 99.3 Å². The number of carbonyl (C=O) groups is 6. The SMILES string of the molecule is CCCCCCCCCCCCCCCC(=O)NCCOCCOCCC(=O)NCCCC[C@@H](CC(=O)NCCCCCCOC)NC(=O)CCCNC(=O)CCOCCOCCNC(=O)CCCCCCCCCCCCCCC. The molecule has 0 fully saturated rings. The molecule has 0 heterocycles. The Balaban J connectivity index is 4.10. The minimum absolute atomic E-state index is 0.0684. The predicted molar refractivity (Wildman–Crippen MR) is 328 cm³/mol. The molecule has 0 spiro atoms. The van der Waals surface area contributed by atoms with Gasteiger partial charge in [-0.15, -0.1) is 0 Å². The normalized spacial score (nSPS) is 11.6. The first-order valence-electron chi connectivity index (χ1n) is 33.1. The van der Waals surface area contributed by atoms with Gasteiger partial charge in [-0.25, -0.2) is 0 Å². The molecule has 0 radical (unpaired) electrons. The van der Waals surface area contributed by atoms with E-state index in [1.807, 2.05) is 0 Å². The zero-order valence-electron chi connectivity index (χ0n) is 52.3. The van der Waals surface area contributed by atoms with Crippen LogP contribution >= 0.6 is 0 Å². The summed E-state index contributed by atoms with van der Waals surface area (Å²) in [6, 6.07) is -0.357. The molecule has 0 rings (SSSR count).